The fourth-order valence-corrected chi connectivity index (χ4v) is 3.80. The van der Waals surface area contributed by atoms with Gasteiger partial charge in [0.25, 0.3) is 5.56 Å². The van der Waals surface area contributed by atoms with Gasteiger partial charge in [0.15, 0.2) is 0 Å². The highest BCUT2D eigenvalue weighted by atomic mass is 19.4. The van der Waals surface area contributed by atoms with Gasteiger partial charge in [0, 0.05) is 39.2 Å². The Morgan fingerprint density at radius 1 is 1.10 bits per heavy atom. The molecule has 0 amide bonds. The average Bonchev–Trinajstić information content (AvgIpc) is 2.74. The number of aryl methyl sites for hydroxylation is 1. The van der Waals surface area contributed by atoms with Gasteiger partial charge < -0.3 is 19.1 Å². The van der Waals surface area contributed by atoms with Gasteiger partial charge in [-0.3, -0.25) is 4.79 Å². The number of pyridine rings is 1. The van der Waals surface area contributed by atoms with Gasteiger partial charge in [0.2, 0.25) is 0 Å². The van der Waals surface area contributed by atoms with E-state index in [-0.39, 0.29) is 49.5 Å². The van der Waals surface area contributed by atoms with Crippen LogP contribution in [-0.4, -0.2) is 22.9 Å². The summed E-state index contributed by atoms with van der Waals surface area (Å²) < 4.78 is 52.8. The van der Waals surface area contributed by atoms with Crippen LogP contribution in [0.1, 0.15) is 29.5 Å². The Labute approximate surface area is 176 Å². The Hall–Kier alpha value is -2.84. The second-order valence-corrected chi connectivity index (χ2v) is 7.80. The SMILES string of the molecule is Cn1c(=O)ccc2cc(COc3cc(C(F)(F)F)cc(C4(O)CCOCC4)c3)ccc21. The second-order valence-electron chi connectivity index (χ2n) is 7.80. The highest BCUT2D eigenvalue weighted by molar-refractivity contribution is 5.79. The fourth-order valence-electron chi connectivity index (χ4n) is 3.80. The molecular formula is C23H22F3NO4. The number of benzene rings is 2. The summed E-state index contributed by atoms with van der Waals surface area (Å²) in [7, 11) is 1.67. The van der Waals surface area contributed by atoms with Crippen LogP contribution >= 0.6 is 0 Å². The Bertz CT molecular complexity index is 1160. The lowest BCUT2D eigenvalue weighted by Crippen LogP contribution is -2.33. The number of hydrogen-bond acceptors (Lipinski definition) is 4. The van der Waals surface area contributed by atoms with Crippen molar-refractivity contribution in [3.8, 4) is 5.75 Å². The van der Waals surface area contributed by atoms with Crippen molar-refractivity contribution in [2.75, 3.05) is 13.2 Å². The van der Waals surface area contributed by atoms with Gasteiger partial charge in [-0.1, -0.05) is 6.07 Å². The van der Waals surface area contributed by atoms with E-state index in [4.69, 9.17) is 9.47 Å². The third kappa shape index (κ3) is 4.45. The molecule has 0 atom stereocenters. The molecule has 8 heteroatoms. The van der Waals surface area contributed by atoms with Crippen molar-refractivity contribution in [3.05, 3.63) is 75.6 Å². The second kappa shape index (κ2) is 8.01. The van der Waals surface area contributed by atoms with Gasteiger partial charge in [0.05, 0.1) is 16.7 Å². The zero-order chi connectivity index (χ0) is 22.2. The third-order valence-corrected chi connectivity index (χ3v) is 5.69. The van der Waals surface area contributed by atoms with Crippen molar-refractivity contribution in [2.24, 2.45) is 7.05 Å². The number of nitrogens with zero attached hydrogens (tertiary/aromatic N) is 1. The first-order chi connectivity index (χ1) is 14.7. The van der Waals surface area contributed by atoms with Crippen LogP contribution in [0.3, 0.4) is 0 Å². The average molecular weight is 433 g/mol. The highest BCUT2D eigenvalue weighted by Crippen LogP contribution is 2.39. The van der Waals surface area contributed by atoms with Crippen LogP contribution in [0.25, 0.3) is 10.9 Å². The van der Waals surface area contributed by atoms with E-state index in [0.717, 1.165) is 28.6 Å². The number of halogens is 3. The molecule has 0 bridgehead atoms. The van der Waals surface area contributed by atoms with Gasteiger partial charge in [-0.2, -0.15) is 13.2 Å². The minimum absolute atomic E-state index is 0.0327. The summed E-state index contributed by atoms with van der Waals surface area (Å²) >= 11 is 0. The molecule has 1 fully saturated rings. The Balaban J connectivity index is 1.63. The summed E-state index contributed by atoms with van der Waals surface area (Å²) in [5.41, 5.74) is -0.707. The molecule has 5 nitrogen and oxygen atoms in total. The summed E-state index contributed by atoms with van der Waals surface area (Å²) in [6, 6.07) is 11.9. The molecule has 0 radical (unpaired) electrons. The number of alkyl halides is 3. The summed E-state index contributed by atoms with van der Waals surface area (Å²) in [5.74, 6) is 0.0327. The first-order valence-corrected chi connectivity index (χ1v) is 9.90. The Kier molecular flexibility index (Phi) is 5.53. The summed E-state index contributed by atoms with van der Waals surface area (Å²) in [4.78, 5) is 11.7. The lowest BCUT2D eigenvalue weighted by Gasteiger charge is -2.33. The minimum atomic E-state index is -4.57. The number of fused-ring (bicyclic) bond motifs is 1. The minimum Gasteiger partial charge on any atom is -0.489 e. The van der Waals surface area contributed by atoms with E-state index >= 15 is 0 Å². The van der Waals surface area contributed by atoms with Gasteiger partial charge >= 0.3 is 6.18 Å². The van der Waals surface area contributed by atoms with Crippen molar-refractivity contribution in [1.82, 2.24) is 4.57 Å². The maximum atomic E-state index is 13.5. The van der Waals surface area contributed by atoms with Crippen molar-refractivity contribution in [2.45, 2.75) is 31.2 Å². The zero-order valence-electron chi connectivity index (χ0n) is 16.9. The van der Waals surface area contributed by atoms with Crippen LogP contribution in [0.5, 0.6) is 5.75 Å². The molecule has 0 unspecified atom stereocenters. The third-order valence-electron chi connectivity index (χ3n) is 5.69. The summed E-state index contributed by atoms with van der Waals surface area (Å²) in [6.45, 7) is 0.603. The number of ether oxygens (including phenoxy) is 2. The van der Waals surface area contributed by atoms with E-state index in [9.17, 15) is 23.1 Å². The van der Waals surface area contributed by atoms with Crippen molar-refractivity contribution >= 4 is 10.9 Å². The maximum Gasteiger partial charge on any atom is 0.416 e. The number of aliphatic hydroxyl groups is 1. The lowest BCUT2D eigenvalue weighted by atomic mass is 9.85. The monoisotopic (exact) mass is 433 g/mol. The molecule has 1 aromatic heterocycles. The highest BCUT2D eigenvalue weighted by Gasteiger charge is 2.37. The van der Waals surface area contributed by atoms with Crippen LogP contribution in [0.2, 0.25) is 0 Å². The molecule has 164 valence electrons. The molecule has 0 spiro atoms. The topological polar surface area (TPSA) is 60.7 Å². The van der Waals surface area contributed by atoms with E-state index in [1.165, 1.54) is 16.7 Å². The van der Waals surface area contributed by atoms with Gasteiger partial charge in [-0.25, -0.2) is 0 Å². The summed E-state index contributed by atoms with van der Waals surface area (Å²) in [5, 5.41) is 11.7. The maximum absolute atomic E-state index is 13.5. The Morgan fingerprint density at radius 2 is 1.84 bits per heavy atom. The van der Waals surface area contributed by atoms with Crippen LogP contribution in [-0.2, 0) is 30.2 Å². The first kappa shape index (κ1) is 21.4. The fraction of sp³-hybridized carbons (Fsp3) is 0.348. The lowest BCUT2D eigenvalue weighted by molar-refractivity contribution is -0.138. The molecule has 3 aromatic rings. The number of hydrogen-bond donors (Lipinski definition) is 1. The van der Waals surface area contributed by atoms with Gasteiger partial charge in [0.1, 0.15) is 12.4 Å². The quantitative estimate of drug-likeness (QED) is 0.672. The number of aromatic nitrogens is 1. The molecular weight excluding hydrogens is 411 g/mol. The van der Waals surface area contributed by atoms with Crippen LogP contribution in [0.4, 0.5) is 13.2 Å². The molecule has 31 heavy (non-hydrogen) atoms. The van der Waals surface area contributed by atoms with Crippen molar-refractivity contribution in [1.29, 1.82) is 0 Å². The van der Waals surface area contributed by atoms with E-state index in [0.29, 0.717) is 0 Å². The zero-order valence-corrected chi connectivity index (χ0v) is 16.9. The standard InChI is InChI=1S/C23H22F3NO4/c1-27-20-4-2-15(10-16(20)3-5-21(27)28)14-31-19-12-17(11-18(13-19)23(24,25)26)22(29)6-8-30-9-7-22/h2-5,10-13,29H,6-9,14H2,1H3. The van der Waals surface area contributed by atoms with Crippen molar-refractivity contribution in [3.63, 3.8) is 0 Å². The van der Waals surface area contributed by atoms with E-state index in [1.807, 2.05) is 6.07 Å². The van der Waals surface area contributed by atoms with Gasteiger partial charge in [-0.15, -0.1) is 0 Å². The first-order valence-electron chi connectivity index (χ1n) is 9.90. The van der Waals surface area contributed by atoms with Gasteiger partial charge in [-0.05, 0) is 52.9 Å². The van der Waals surface area contributed by atoms with Crippen LogP contribution in [0, 0.1) is 0 Å². The predicted molar refractivity (Wildman–Crippen MR) is 109 cm³/mol. The summed E-state index contributed by atoms with van der Waals surface area (Å²) in [6.07, 6.45) is -4.13. The molecule has 0 aliphatic carbocycles. The molecule has 1 aliphatic heterocycles. The molecule has 1 saturated heterocycles. The van der Waals surface area contributed by atoms with E-state index in [1.54, 1.807) is 25.2 Å². The van der Waals surface area contributed by atoms with Crippen LogP contribution < -0.4 is 10.3 Å². The predicted octanol–water partition coefficient (Wildman–Crippen LogP) is 4.13. The Morgan fingerprint density at radius 3 is 2.55 bits per heavy atom. The molecule has 0 saturated carbocycles. The van der Waals surface area contributed by atoms with Crippen molar-refractivity contribution < 1.29 is 27.8 Å². The molecule has 1 N–H and O–H groups in total. The molecule has 4 rings (SSSR count). The normalized spacial score (nSPS) is 16.4. The van der Waals surface area contributed by atoms with E-state index < -0.39 is 17.3 Å². The molecule has 1 aliphatic rings. The van der Waals surface area contributed by atoms with Crippen LogP contribution in [0.15, 0.2) is 53.3 Å². The van der Waals surface area contributed by atoms with E-state index in [2.05, 4.69) is 0 Å². The largest absolute Gasteiger partial charge is 0.489 e. The molecule has 2 aromatic carbocycles. The smallest absolute Gasteiger partial charge is 0.416 e. The molecule has 2 heterocycles. The number of rotatable bonds is 4.